The summed E-state index contributed by atoms with van der Waals surface area (Å²) in [6.07, 6.45) is 2.96. The van der Waals surface area contributed by atoms with E-state index in [9.17, 15) is 8.42 Å². The average molecular weight is 279 g/mol. The summed E-state index contributed by atoms with van der Waals surface area (Å²) in [6.45, 7) is 0.978. The first-order chi connectivity index (χ1) is 8.08. The molecule has 96 valence electrons. The fourth-order valence-corrected chi connectivity index (χ4v) is 2.75. The van der Waals surface area contributed by atoms with Crippen LogP contribution in [0.2, 0.25) is 5.15 Å². The van der Waals surface area contributed by atoms with E-state index in [0.29, 0.717) is 19.6 Å². The topological polar surface area (TPSA) is 68.3 Å². The summed E-state index contributed by atoms with van der Waals surface area (Å²) in [4.78, 5) is 3.74. The molecule has 0 aliphatic carbocycles. The van der Waals surface area contributed by atoms with Crippen molar-refractivity contribution < 1.29 is 13.2 Å². The molecule has 1 rings (SSSR count). The van der Waals surface area contributed by atoms with Crippen LogP contribution in [0.3, 0.4) is 0 Å². The Hall–Kier alpha value is -0.690. The maximum Gasteiger partial charge on any atom is 0.243 e. The fraction of sp³-hybridized carbons (Fsp3) is 0.500. The lowest BCUT2D eigenvalue weighted by molar-refractivity contribution is 0.193. The first kappa shape index (κ1) is 14.4. The van der Waals surface area contributed by atoms with E-state index in [-0.39, 0.29) is 10.0 Å². The van der Waals surface area contributed by atoms with Crippen molar-refractivity contribution in [3.8, 4) is 0 Å². The van der Waals surface area contributed by atoms with E-state index in [1.165, 1.54) is 18.3 Å². The summed E-state index contributed by atoms with van der Waals surface area (Å²) in [6, 6.07) is 2.96. The summed E-state index contributed by atoms with van der Waals surface area (Å²) in [5, 5.41) is -0.0168. The lowest BCUT2D eigenvalue weighted by Gasteiger charge is -2.07. The van der Waals surface area contributed by atoms with Crippen LogP contribution in [0, 0.1) is 0 Å². The van der Waals surface area contributed by atoms with E-state index in [2.05, 4.69) is 9.71 Å². The van der Waals surface area contributed by atoms with E-state index >= 15 is 0 Å². The molecule has 1 heterocycles. The molecular weight excluding hydrogens is 264 g/mol. The number of hydrogen-bond acceptors (Lipinski definition) is 4. The van der Waals surface area contributed by atoms with Crippen molar-refractivity contribution in [2.24, 2.45) is 0 Å². The highest BCUT2D eigenvalue weighted by molar-refractivity contribution is 7.89. The normalized spacial score (nSPS) is 11.6. The summed E-state index contributed by atoms with van der Waals surface area (Å²) >= 11 is 5.72. The minimum atomic E-state index is -3.56. The molecule has 0 unspecified atom stereocenters. The molecule has 7 heteroatoms. The van der Waals surface area contributed by atoms with Gasteiger partial charge in [0.2, 0.25) is 10.0 Å². The Kier molecular flexibility index (Phi) is 5.84. The molecule has 1 aromatic rings. The molecule has 0 aliphatic heterocycles. The van der Waals surface area contributed by atoms with E-state index in [0.717, 1.165) is 6.42 Å². The Balaban J connectivity index is 2.55. The smallest absolute Gasteiger partial charge is 0.243 e. The molecule has 0 aliphatic rings. The number of nitrogens with zero attached hydrogens (tertiary/aromatic N) is 1. The van der Waals surface area contributed by atoms with E-state index in [1.54, 1.807) is 7.11 Å². The van der Waals surface area contributed by atoms with E-state index < -0.39 is 10.0 Å². The highest BCUT2D eigenvalue weighted by Crippen LogP contribution is 2.17. The van der Waals surface area contributed by atoms with Gasteiger partial charge in [-0.1, -0.05) is 11.6 Å². The Morgan fingerprint density at radius 3 is 2.88 bits per heavy atom. The van der Waals surface area contributed by atoms with Crippen LogP contribution in [0.15, 0.2) is 23.2 Å². The third kappa shape index (κ3) is 4.59. The van der Waals surface area contributed by atoms with Gasteiger partial charge in [0, 0.05) is 26.5 Å². The molecular formula is C10H15ClN2O3S. The Labute approximate surface area is 106 Å². The molecule has 0 spiro atoms. The van der Waals surface area contributed by atoms with Crippen molar-refractivity contribution in [2.75, 3.05) is 20.3 Å². The Morgan fingerprint density at radius 2 is 2.24 bits per heavy atom. The van der Waals surface area contributed by atoms with Gasteiger partial charge >= 0.3 is 0 Å². The lowest BCUT2D eigenvalue weighted by atomic mass is 10.3. The van der Waals surface area contributed by atoms with Crippen LogP contribution >= 0.6 is 11.6 Å². The first-order valence-corrected chi connectivity index (χ1v) is 7.03. The highest BCUT2D eigenvalue weighted by atomic mass is 35.5. The first-order valence-electron chi connectivity index (χ1n) is 5.17. The quantitative estimate of drug-likeness (QED) is 0.605. The Morgan fingerprint density at radius 1 is 1.47 bits per heavy atom. The van der Waals surface area contributed by atoms with Gasteiger partial charge in [0.15, 0.2) is 0 Å². The molecule has 0 saturated heterocycles. The van der Waals surface area contributed by atoms with Crippen LogP contribution in [-0.2, 0) is 14.8 Å². The number of rotatable bonds is 7. The van der Waals surface area contributed by atoms with Gasteiger partial charge in [0.25, 0.3) is 0 Å². The second-order valence-electron chi connectivity index (χ2n) is 3.39. The van der Waals surface area contributed by atoms with E-state index in [1.807, 2.05) is 0 Å². The van der Waals surface area contributed by atoms with Gasteiger partial charge in [-0.3, -0.25) is 0 Å². The largest absolute Gasteiger partial charge is 0.385 e. The summed E-state index contributed by atoms with van der Waals surface area (Å²) in [7, 11) is -1.95. The molecule has 17 heavy (non-hydrogen) atoms. The average Bonchev–Trinajstić information content (AvgIpc) is 2.29. The summed E-state index contributed by atoms with van der Waals surface area (Å²) in [5.74, 6) is 0. The molecule has 1 N–H and O–H groups in total. The van der Waals surface area contributed by atoms with Crippen LogP contribution in [-0.4, -0.2) is 33.7 Å². The number of nitrogens with one attached hydrogen (secondary N) is 1. The van der Waals surface area contributed by atoms with Crippen LogP contribution in [0.25, 0.3) is 0 Å². The number of pyridine rings is 1. The zero-order valence-corrected chi connectivity index (χ0v) is 11.1. The minimum absolute atomic E-state index is 0.00779. The molecule has 0 amide bonds. The molecule has 1 aromatic heterocycles. The van der Waals surface area contributed by atoms with Crippen LogP contribution in [0.1, 0.15) is 12.8 Å². The number of ether oxygens (including phenoxy) is 1. The van der Waals surface area contributed by atoms with Gasteiger partial charge in [-0.05, 0) is 25.0 Å². The predicted octanol–water partition coefficient (Wildman–Crippen LogP) is 1.44. The second-order valence-corrected chi connectivity index (χ2v) is 5.48. The van der Waals surface area contributed by atoms with Crippen molar-refractivity contribution in [2.45, 2.75) is 17.7 Å². The van der Waals surface area contributed by atoms with Crippen molar-refractivity contribution in [1.82, 2.24) is 9.71 Å². The van der Waals surface area contributed by atoms with Gasteiger partial charge in [-0.15, -0.1) is 0 Å². The van der Waals surface area contributed by atoms with Gasteiger partial charge in [-0.25, -0.2) is 18.1 Å². The van der Waals surface area contributed by atoms with Gasteiger partial charge < -0.3 is 4.74 Å². The van der Waals surface area contributed by atoms with Gasteiger partial charge in [0.1, 0.15) is 10.0 Å². The zero-order chi connectivity index (χ0) is 12.7. The van der Waals surface area contributed by atoms with Gasteiger partial charge in [0.05, 0.1) is 0 Å². The molecule has 0 fully saturated rings. The molecule has 0 saturated carbocycles. The number of halogens is 1. The van der Waals surface area contributed by atoms with Gasteiger partial charge in [-0.2, -0.15) is 0 Å². The summed E-state index contributed by atoms with van der Waals surface area (Å²) in [5.41, 5.74) is 0. The molecule has 0 radical (unpaired) electrons. The van der Waals surface area contributed by atoms with Crippen molar-refractivity contribution in [3.05, 3.63) is 23.5 Å². The maximum absolute atomic E-state index is 11.8. The number of sulfonamides is 1. The fourth-order valence-electron chi connectivity index (χ4n) is 1.23. The molecule has 0 bridgehead atoms. The minimum Gasteiger partial charge on any atom is -0.385 e. The number of hydrogen-bond donors (Lipinski definition) is 1. The number of unbranched alkanes of at least 4 members (excludes halogenated alkanes) is 1. The molecule has 0 aromatic carbocycles. The standard InChI is InChI=1S/C10H15ClN2O3S/c1-16-8-3-2-7-13-17(14,15)9-5-4-6-12-10(9)11/h4-6,13H,2-3,7-8H2,1H3. The number of methoxy groups -OCH3 is 1. The third-order valence-corrected chi connectivity index (χ3v) is 3.99. The van der Waals surface area contributed by atoms with Crippen molar-refractivity contribution >= 4 is 21.6 Å². The monoisotopic (exact) mass is 278 g/mol. The predicted molar refractivity (Wildman–Crippen MR) is 65.5 cm³/mol. The van der Waals surface area contributed by atoms with Crippen LogP contribution in [0.4, 0.5) is 0 Å². The third-order valence-electron chi connectivity index (χ3n) is 2.08. The number of aromatic nitrogens is 1. The Bertz CT molecular complexity index is 451. The maximum atomic E-state index is 11.8. The van der Waals surface area contributed by atoms with Crippen LogP contribution in [0.5, 0.6) is 0 Å². The van der Waals surface area contributed by atoms with Crippen molar-refractivity contribution in [3.63, 3.8) is 0 Å². The zero-order valence-electron chi connectivity index (χ0n) is 9.52. The SMILES string of the molecule is COCCCCNS(=O)(=O)c1cccnc1Cl. The lowest BCUT2D eigenvalue weighted by Crippen LogP contribution is -2.25. The highest BCUT2D eigenvalue weighted by Gasteiger charge is 2.17. The van der Waals surface area contributed by atoms with Crippen LogP contribution < -0.4 is 4.72 Å². The second kappa shape index (κ2) is 6.90. The molecule has 5 nitrogen and oxygen atoms in total. The summed E-state index contributed by atoms with van der Waals surface area (Å²) < 4.78 is 31.0. The van der Waals surface area contributed by atoms with E-state index in [4.69, 9.17) is 16.3 Å². The van der Waals surface area contributed by atoms with Crippen molar-refractivity contribution in [1.29, 1.82) is 0 Å². The molecule has 0 atom stereocenters.